The molecule has 1 aromatic carbocycles. The van der Waals surface area contributed by atoms with E-state index in [2.05, 4.69) is 34.2 Å². The summed E-state index contributed by atoms with van der Waals surface area (Å²) < 4.78 is 0. The van der Waals surface area contributed by atoms with Gasteiger partial charge >= 0.3 is 0 Å². The fraction of sp³-hybridized carbons (Fsp3) is 0.250. The lowest BCUT2D eigenvalue weighted by atomic mass is 9.99. The van der Waals surface area contributed by atoms with Crippen LogP contribution in [0.1, 0.15) is 29.2 Å². The first kappa shape index (κ1) is 7.80. The highest BCUT2D eigenvalue weighted by atomic mass is 14.9. The van der Waals surface area contributed by atoms with Crippen molar-refractivity contribution in [3.05, 3.63) is 53.6 Å². The van der Waals surface area contributed by atoms with Crippen LogP contribution < -0.4 is 0 Å². The lowest BCUT2D eigenvalue weighted by Gasteiger charge is -2.08. The average molecular weight is 184 g/mol. The zero-order valence-electron chi connectivity index (χ0n) is 7.90. The molecule has 0 aliphatic heterocycles. The minimum absolute atomic E-state index is 0.536. The smallest absolute Gasteiger partial charge is 0.0921 e. The van der Waals surface area contributed by atoms with Crippen LogP contribution in [0.4, 0.5) is 0 Å². The molecule has 14 heavy (non-hydrogen) atoms. The second kappa shape index (κ2) is 2.98. The molecule has 3 rings (SSSR count). The molecular weight excluding hydrogens is 172 g/mol. The van der Waals surface area contributed by atoms with Crippen LogP contribution in [-0.2, 0) is 6.42 Å². The topological polar surface area (TPSA) is 28.7 Å². The van der Waals surface area contributed by atoms with E-state index in [0.717, 1.165) is 0 Å². The van der Waals surface area contributed by atoms with Gasteiger partial charge < -0.3 is 4.98 Å². The quantitative estimate of drug-likeness (QED) is 0.724. The first-order valence-corrected chi connectivity index (χ1v) is 5.01. The number of aromatic amines is 1. The summed E-state index contributed by atoms with van der Waals surface area (Å²) in [6, 6.07) is 8.70. The Morgan fingerprint density at radius 1 is 1.29 bits per heavy atom. The third kappa shape index (κ3) is 1.07. The van der Waals surface area contributed by atoms with Gasteiger partial charge in [0.05, 0.1) is 6.33 Å². The van der Waals surface area contributed by atoms with Crippen LogP contribution >= 0.6 is 0 Å². The molecular formula is C12H12N2. The number of nitrogens with zero attached hydrogens (tertiary/aromatic N) is 1. The summed E-state index contributed by atoms with van der Waals surface area (Å²) in [5, 5.41) is 0. The maximum absolute atomic E-state index is 4.08. The maximum atomic E-state index is 4.08. The average Bonchev–Trinajstić information content (AvgIpc) is 2.85. The molecule has 0 fully saturated rings. The molecule has 1 N–H and O–H groups in total. The Kier molecular flexibility index (Phi) is 1.66. The molecule has 0 bridgehead atoms. The van der Waals surface area contributed by atoms with Gasteiger partial charge in [-0.2, -0.15) is 0 Å². The number of fused-ring (bicyclic) bond motifs is 1. The van der Waals surface area contributed by atoms with Crippen LogP contribution in [0.3, 0.4) is 0 Å². The minimum atomic E-state index is 0.536. The number of aryl methyl sites for hydroxylation is 1. The summed E-state index contributed by atoms with van der Waals surface area (Å²) in [5.74, 6) is 0.536. The van der Waals surface area contributed by atoms with Crippen molar-refractivity contribution in [1.82, 2.24) is 9.97 Å². The molecule has 1 aliphatic carbocycles. The third-order valence-electron chi connectivity index (χ3n) is 3.03. The largest absolute Gasteiger partial charge is 0.348 e. The number of hydrogen-bond acceptors (Lipinski definition) is 1. The predicted octanol–water partition coefficient (Wildman–Crippen LogP) is 2.49. The number of imidazole rings is 1. The van der Waals surface area contributed by atoms with Gasteiger partial charge in [-0.25, -0.2) is 4.98 Å². The second-order valence-electron chi connectivity index (χ2n) is 3.80. The van der Waals surface area contributed by atoms with E-state index in [1.54, 1.807) is 6.33 Å². The number of hydrogen-bond donors (Lipinski definition) is 1. The molecule has 0 amide bonds. The van der Waals surface area contributed by atoms with Crippen LogP contribution in [0.2, 0.25) is 0 Å². The molecule has 0 saturated carbocycles. The van der Waals surface area contributed by atoms with Crippen molar-refractivity contribution in [3.63, 3.8) is 0 Å². The SMILES string of the molecule is c1ccc2c(c1)CC[C@@H]2c1cnc[nH]1. The summed E-state index contributed by atoms with van der Waals surface area (Å²) in [6.45, 7) is 0. The molecule has 70 valence electrons. The molecule has 2 aromatic rings. The van der Waals surface area contributed by atoms with E-state index in [1.807, 2.05) is 6.20 Å². The Morgan fingerprint density at radius 2 is 2.21 bits per heavy atom. The highest BCUT2D eigenvalue weighted by Gasteiger charge is 2.23. The summed E-state index contributed by atoms with van der Waals surface area (Å²) in [5.41, 5.74) is 4.21. The van der Waals surface area contributed by atoms with Gasteiger partial charge in [-0.3, -0.25) is 0 Å². The fourth-order valence-electron chi connectivity index (χ4n) is 2.34. The predicted molar refractivity (Wildman–Crippen MR) is 55.2 cm³/mol. The molecule has 1 heterocycles. The number of benzene rings is 1. The third-order valence-corrected chi connectivity index (χ3v) is 3.03. The Hall–Kier alpha value is -1.57. The van der Waals surface area contributed by atoms with E-state index in [9.17, 15) is 0 Å². The lowest BCUT2D eigenvalue weighted by molar-refractivity contribution is 0.767. The summed E-state index contributed by atoms with van der Waals surface area (Å²) in [7, 11) is 0. The van der Waals surface area contributed by atoms with Crippen LogP contribution in [0, 0.1) is 0 Å². The van der Waals surface area contributed by atoms with Gasteiger partial charge in [0.2, 0.25) is 0 Å². The Labute approximate surface area is 83.0 Å². The Bertz CT molecular complexity index is 431. The monoisotopic (exact) mass is 184 g/mol. The van der Waals surface area contributed by atoms with E-state index in [0.29, 0.717) is 5.92 Å². The van der Waals surface area contributed by atoms with Gasteiger partial charge in [-0.15, -0.1) is 0 Å². The van der Waals surface area contributed by atoms with Crippen molar-refractivity contribution >= 4 is 0 Å². The molecule has 0 spiro atoms. The first-order valence-electron chi connectivity index (χ1n) is 5.01. The molecule has 1 aromatic heterocycles. The molecule has 0 saturated heterocycles. The van der Waals surface area contributed by atoms with Gasteiger partial charge in [-0.05, 0) is 24.0 Å². The summed E-state index contributed by atoms with van der Waals surface area (Å²) >= 11 is 0. The van der Waals surface area contributed by atoms with E-state index < -0.39 is 0 Å². The molecule has 0 unspecified atom stereocenters. The van der Waals surface area contributed by atoms with Crippen molar-refractivity contribution in [2.24, 2.45) is 0 Å². The van der Waals surface area contributed by atoms with Crippen molar-refractivity contribution in [1.29, 1.82) is 0 Å². The van der Waals surface area contributed by atoms with E-state index in [4.69, 9.17) is 0 Å². The van der Waals surface area contributed by atoms with Gasteiger partial charge in [0.25, 0.3) is 0 Å². The van der Waals surface area contributed by atoms with Crippen LogP contribution in [0.15, 0.2) is 36.8 Å². The van der Waals surface area contributed by atoms with Crippen LogP contribution in [0.5, 0.6) is 0 Å². The number of H-pyrrole nitrogens is 1. The first-order chi connectivity index (χ1) is 6.95. The molecule has 0 radical (unpaired) electrons. The fourth-order valence-corrected chi connectivity index (χ4v) is 2.34. The Morgan fingerprint density at radius 3 is 3.07 bits per heavy atom. The normalized spacial score (nSPS) is 19.6. The zero-order valence-corrected chi connectivity index (χ0v) is 7.90. The van der Waals surface area contributed by atoms with Gasteiger partial charge in [-0.1, -0.05) is 24.3 Å². The van der Waals surface area contributed by atoms with Gasteiger partial charge in [0.15, 0.2) is 0 Å². The number of nitrogens with one attached hydrogen (secondary N) is 1. The molecule has 1 aliphatic rings. The van der Waals surface area contributed by atoms with Crippen molar-refractivity contribution in [3.8, 4) is 0 Å². The molecule has 2 heteroatoms. The van der Waals surface area contributed by atoms with Crippen molar-refractivity contribution in [2.75, 3.05) is 0 Å². The highest BCUT2D eigenvalue weighted by molar-refractivity contribution is 5.39. The van der Waals surface area contributed by atoms with E-state index in [-0.39, 0.29) is 0 Å². The van der Waals surface area contributed by atoms with Crippen molar-refractivity contribution in [2.45, 2.75) is 18.8 Å². The van der Waals surface area contributed by atoms with E-state index >= 15 is 0 Å². The maximum Gasteiger partial charge on any atom is 0.0921 e. The standard InChI is InChI=1S/C12H12N2/c1-2-4-10-9(3-1)5-6-11(10)12-7-13-8-14-12/h1-4,7-8,11H,5-6H2,(H,13,14)/t11-/m0/s1. The van der Waals surface area contributed by atoms with E-state index in [1.165, 1.54) is 29.7 Å². The van der Waals surface area contributed by atoms with Crippen LogP contribution in [-0.4, -0.2) is 9.97 Å². The highest BCUT2D eigenvalue weighted by Crippen LogP contribution is 2.36. The second-order valence-corrected chi connectivity index (χ2v) is 3.80. The van der Waals surface area contributed by atoms with Crippen molar-refractivity contribution < 1.29 is 0 Å². The number of aromatic nitrogens is 2. The summed E-state index contributed by atoms with van der Waals surface area (Å²) in [6.07, 6.45) is 6.10. The Balaban J connectivity index is 2.06. The van der Waals surface area contributed by atoms with Gasteiger partial charge in [0, 0.05) is 17.8 Å². The van der Waals surface area contributed by atoms with Crippen LogP contribution in [0.25, 0.3) is 0 Å². The minimum Gasteiger partial charge on any atom is -0.348 e. The summed E-state index contributed by atoms with van der Waals surface area (Å²) in [4.78, 5) is 7.29. The molecule has 1 atom stereocenters. The zero-order chi connectivity index (χ0) is 9.38. The molecule has 2 nitrogen and oxygen atoms in total. The van der Waals surface area contributed by atoms with Gasteiger partial charge in [0.1, 0.15) is 0 Å². The number of rotatable bonds is 1. The lowest BCUT2D eigenvalue weighted by Crippen LogP contribution is -1.95.